The van der Waals surface area contributed by atoms with Crippen molar-refractivity contribution in [1.29, 1.82) is 0 Å². The van der Waals surface area contributed by atoms with E-state index in [4.69, 9.17) is 16.1 Å². The maximum Gasteiger partial charge on any atom is 0.291 e. The summed E-state index contributed by atoms with van der Waals surface area (Å²) in [5, 5.41) is 6.59. The van der Waals surface area contributed by atoms with Crippen LogP contribution in [0.3, 0.4) is 0 Å². The number of unbranched alkanes of at least 4 members (excludes halogenated alkanes) is 1. The van der Waals surface area contributed by atoms with Crippen LogP contribution in [0.2, 0.25) is 5.02 Å². The van der Waals surface area contributed by atoms with Gasteiger partial charge in [0.1, 0.15) is 5.02 Å². The minimum absolute atomic E-state index is 0.0975. The molecule has 1 amide bonds. The molecule has 1 heterocycles. The van der Waals surface area contributed by atoms with E-state index in [1.54, 1.807) is 6.92 Å². The average molecular weight is 217 g/mol. The van der Waals surface area contributed by atoms with Crippen molar-refractivity contribution in [3.63, 3.8) is 0 Å². The molecular weight excluding hydrogens is 204 g/mol. The molecule has 0 radical (unpaired) electrons. The minimum atomic E-state index is -0.302. The smallest absolute Gasteiger partial charge is 0.291 e. The van der Waals surface area contributed by atoms with Crippen molar-refractivity contribution in [2.45, 2.75) is 26.7 Å². The van der Waals surface area contributed by atoms with Crippen molar-refractivity contribution < 1.29 is 9.32 Å². The number of carbonyl (C=O) groups excluding carboxylic acids is 1. The molecule has 0 spiro atoms. The number of hydrogen-bond donors (Lipinski definition) is 1. The van der Waals surface area contributed by atoms with Gasteiger partial charge in [0.05, 0.1) is 5.69 Å². The molecule has 1 aromatic heterocycles. The maximum absolute atomic E-state index is 11.4. The Balaban J connectivity index is 2.56. The lowest BCUT2D eigenvalue weighted by Gasteiger charge is -2.00. The molecule has 0 fully saturated rings. The summed E-state index contributed by atoms with van der Waals surface area (Å²) in [6, 6.07) is 0. The van der Waals surface area contributed by atoms with Gasteiger partial charge in [0.2, 0.25) is 5.76 Å². The van der Waals surface area contributed by atoms with E-state index in [1.807, 2.05) is 0 Å². The van der Waals surface area contributed by atoms with Gasteiger partial charge in [-0.3, -0.25) is 4.79 Å². The van der Waals surface area contributed by atoms with Gasteiger partial charge in [-0.25, -0.2) is 0 Å². The average Bonchev–Trinajstić information content (AvgIpc) is 2.48. The lowest BCUT2D eigenvalue weighted by molar-refractivity contribution is 0.0916. The van der Waals surface area contributed by atoms with Crippen LogP contribution in [0.15, 0.2) is 4.52 Å². The van der Waals surface area contributed by atoms with Crippen molar-refractivity contribution in [1.82, 2.24) is 10.5 Å². The van der Waals surface area contributed by atoms with Gasteiger partial charge in [-0.05, 0) is 13.3 Å². The molecule has 0 aliphatic carbocycles. The van der Waals surface area contributed by atoms with E-state index in [9.17, 15) is 4.79 Å². The Morgan fingerprint density at radius 3 is 2.86 bits per heavy atom. The number of nitrogens with zero attached hydrogens (tertiary/aromatic N) is 1. The zero-order chi connectivity index (χ0) is 10.6. The van der Waals surface area contributed by atoms with Gasteiger partial charge < -0.3 is 9.84 Å². The summed E-state index contributed by atoms with van der Waals surface area (Å²) < 4.78 is 4.79. The Morgan fingerprint density at radius 2 is 2.36 bits per heavy atom. The predicted molar refractivity (Wildman–Crippen MR) is 53.5 cm³/mol. The molecule has 0 aliphatic heterocycles. The van der Waals surface area contributed by atoms with Crippen LogP contribution in [-0.4, -0.2) is 17.6 Å². The molecule has 0 atom stereocenters. The molecule has 4 nitrogen and oxygen atoms in total. The fourth-order valence-electron chi connectivity index (χ4n) is 0.959. The standard InChI is InChI=1S/C9H13ClN2O2/c1-3-4-5-11-9(13)8-7(10)6(2)12-14-8/h3-5H2,1-2H3,(H,11,13). The van der Waals surface area contributed by atoms with E-state index in [2.05, 4.69) is 17.4 Å². The summed E-state index contributed by atoms with van der Waals surface area (Å²) in [7, 11) is 0. The van der Waals surface area contributed by atoms with E-state index in [0.717, 1.165) is 12.8 Å². The van der Waals surface area contributed by atoms with Crippen LogP contribution in [-0.2, 0) is 0 Å². The van der Waals surface area contributed by atoms with Gasteiger partial charge in [0.15, 0.2) is 0 Å². The number of aromatic nitrogens is 1. The first-order valence-corrected chi connectivity index (χ1v) is 4.94. The Morgan fingerprint density at radius 1 is 1.64 bits per heavy atom. The predicted octanol–water partition coefficient (Wildman–Crippen LogP) is 2.17. The van der Waals surface area contributed by atoms with Crippen LogP contribution in [0, 0.1) is 6.92 Å². The Kier molecular flexibility index (Phi) is 3.95. The molecule has 1 aromatic rings. The zero-order valence-corrected chi connectivity index (χ0v) is 9.02. The van der Waals surface area contributed by atoms with Crippen LogP contribution in [0.25, 0.3) is 0 Å². The van der Waals surface area contributed by atoms with E-state index in [-0.39, 0.29) is 11.7 Å². The van der Waals surface area contributed by atoms with Crippen LogP contribution in [0.1, 0.15) is 36.0 Å². The molecule has 78 valence electrons. The van der Waals surface area contributed by atoms with Crippen molar-refractivity contribution in [3.05, 3.63) is 16.5 Å². The summed E-state index contributed by atoms with van der Waals surface area (Å²) in [4.78, 5) is 11.4. The normalized spacial score (nSPS) is 10.2. The van der Waals surface area contributed by atoms with Crippen molar-refractivity contribution in [2.75, 3.05) is 6.54 Å². The highest BCUT2D eigenvalue weighted by atomic mass is 35.5. The number of halogens is 1. The van der Waals surface area contributed by atoms with Crippen LogP contribution in [0.4, 0.5) is 0 Å². The van der Waals surface area contributed by atoms with E-state index in [0.29, 0.717) is 17.3 Å². The quantitative estimate of drug-likeness (QED) is 0.785. The van der Waals surface area contributed by atoms with E-state index >= 15 is 0 Å². The first-order chi connectivity index (χ1) is 6.66. The molecule has 0 aliphatic rings. The van der Waals surface area contributed by atoms with E-state index in [1.165, 1.54) is 0 Å². The Hall–Kier alpha value is -1.03. The molecule has 0 bridgehead atoms. The van der Waals surface area contributed by atoms with Crippen LogP contribution in [0.5, 0.6) is 0 Å². The minimum Gasteiger partial charge on any atom is -0.349 e. The molecule has 0 aromatic carbocycles. The van der Waals surface area contributed by atoms with Gasteiger partial charge >= 0.3 is 0 Å². The number of hydrogen-bond acceptors (Lipinski definition) is 3. The third-order valence-corrected chi connectivity index (χ3v) is 2.26. The number of aryl methyl sites for hydroxylation is 1. The Bertz CT molecular complexity index is 323. The number of amides is 1. The number of carbonyl (C=O) groups is 1. The molecule has 0 saturated carbocycles. The lowest BCUT2D eigenvalue weighted by atomic mass is 10.3. The van der Waals surface area contributed by atoms with Gasteiger partial charge in [-0.2, -0.15) is 0 Å². The first kappa shape index (κ1) is 11.0. The fourth-order valence-corrected chi connectivity index (χ4v) is 1.11. The van der Waals surface area contributed by atoms with Gasteiger partial charge in [0, 0.05) is 6.54 Å². The summed E-state index contributed by atoms with van der Waals surface area (Å²) >= 11 is 5.80. The second-order valence-electron chi connectivity index (χ2n) is 3.02. The highest BCUT2D eigenvalue weighted by Gasteiger charge is 2.17. The SMILES string of the molecule is CCCCNC(=O)c1onc(C)c1Cl. The van der Waals surface area contributed by atoms with Crippen LogP contribution >= 0.6 is 11.6 Å². The molecule has 5 heteroatoms. The summed E-state index contributed by atoms with van der Waals surface area (Å²) in [6.07, 6.45) is 1.97. The molecular formula is C9H13ClN2O2. The number of rotatable bonds is 4. The monoisotopic (exact) mass is 216 g/mol. The molecule has 14 heavy (non-hydrogen) atoms. The highest BCUT2D eigenvalue weighted by Crippen LogP contribution is 2.19. The number of nitrogens with one attached hydrogen (secondary N) is 1. The topological polar surface area (TPSA) is 55.1 Å². The van der Waals surface area contributed by atoms with Gasteiger partial charge in [0.25, 0.3) is 5.91 Å². The Labute approximate surface area is 87.6 Å². The van der Waals surface area contributed by atoms with Gasteiger partial charge in [-0.15, -0.1) is 0 Å². The third kappa shape index (κ3) is 2.48. The summed E-state index contributed by atoms with van der Waals surface area (Å²) in [5.74, 6) is -0.204. The van der Waals surface area contributed by atoms with Crippen molar-refractivity contribution in [3.8, 4) is 0 Å². The van der Waals surface area contributed by atoms with E-state index < -0.39 is 0 Å². The first-order valence-electron chi connectivity index (χ1n) is 4.56. The third-order valence-electron chi connectivity index (χ3n) is 1.81. The highest BCUT2D eigenvalue weighted by molar-refractivity contribution is 6.33. The van der Waals surface area contributed by atoms with Crippen molar-refractivity contribution in [2.24, 2.45) is 0 Å². The molecule has 0 unspecified atom stereocenters. The maximum atomic E-state index is 11.4. The van der Waals surface area contributed by atoms with Gasteiger partial charge in [-0.1, -0.05) is 30.1 Å². The fraction of sp³-hybridized carbons (Fsp3) is 0.556. The molecule has 0 saturated heterocycles. The largest absolute Gasteiger partial charge is 0.349 e. The summed E-state index contributed by atoms with van der Waals surface area (Å²) in [6.45, 7) is 4.37. The zero-order valence-electron chi connectivity index (χ0n) is 8.26. The lowest BCUT2D eigenvalue weighted by Crippen LogP contribution is -2.24. The second kappa shape index (κ2) is 5.00. The molecule has 1 N–H and O–H groups in total. The summed E-state index contributed by atoms with van der Waals surface area (Å²) in [5.41, 5.74) is 0.535. The molecule has 1 rings (SSSR count). The van der Waals surface area contributed by atoms with Crippen LogP contribution < -0.4 is 5.32 Å². The second-order valence-corrected chi connectivity index (χ2v) is 3.40. The van der Waals surface area contributed by atoms with Crippen molar-refractivity contribution >= 4 is 17.5 Å².